The van der Waals surface area contributed by atoms with Gasteiger partial charge in [0.05, 0.1) is 0 Å². The van der Waals surface area contributed by atoms with Crippen molar-refractivity contribution in [1.29, 1.82) is 0 Å². The first kappa shape index (κ1) is 22.1. The van der Waals surface area contributed by atoms with E-state index in [2.05, 4.69) is 17.4 Å². The standard InChI is InChI=1S/C21H26F2O2S2/c1-5-17(13-15(3)16(4)25-20(22)23)19(24)21(26-10-7-11-27-21)18-9-6-8-14(2)12-18/h5-6,8-9,12-13,19-20,24H,4,7,10-11H2,1-3H3/b15-13-,17-5+. The molecule has 0 aromatic heterocycles. The minimum absolute atomic E-state index is 0.0925. The van der Waals surface area contributed by atoms with Crippen LogP contribution in [0.2, 0.25) is 0 Å². The van der Waals surface area contributed by atoms with Crippen LogP contribution in [0.4, 0.5) is 8.78 Å². The predicted molar refractivity (Wildman–Crippen MR) is 112 cm³/mol. The van der Waals surface area contributed by atoms with Crippen LogP contribution >= 0.6 is 23.5 Å². The number of hydrogen-bond acceptors (Lipinski definition) is 4. The van der Waals surface area contributed by atoms with E-state index in [4.69, 9.17) is 0 Å². The SMILES string of the molecule is C=C(OC(F)F)/C(C)=C\C(=C/C)C(O)C1(c2cccc(C)c2)SCCCS1. The van der Waals surface area contributed by atoms with Crippen molar-refractivity contribution in [2.75, 3.05) is 11.5 Å². The smallest absolute Gasteiger partial charge is 0.387 e. The van der Waals surface area contributed by atoms with Crippen LogP contribution in [0.25, 0.3) is 0 Å². The molecule has 1 aromatic rings. The van der Waals surface area contributed by atoms with Gasteiger partial charge in [-0.3, -0.25) is 0 Å². The molecule has 2 rings (SSSR count). The lowest BCUT2D eigenvalue weighted by atomic mass is 9.97. The van der Waals surface area contributed by atoms with E-state index in [0.29, 0.717) is 11.1 Å². The van der Waals surface area contributed by atoms with Gasteiger partial charge in [-0.15, -0.1) is 23.5 Å². The minimum atomic E-state index is -2.91. The first-order chi connectivity index (χ1) is 12.8. The van der Waals surface area contributed by atoms with Gasteiger partial charge < -0.3 is 9.84 Å². The summed E-state index contributed by atoms with van der Waals surface area (Å²) in [4.78, 5) is 0. The number of allylic oxidation sites excluding steroid dienone is 2. The monoisotopic (exact) mass is 412 g/mol. The summed E-state index contributed by atoms with van der Waals surface area (Å²) in [6.45, 7) is 6.16. The van der Waals surface area contributed by atoms with Gasteiger partial charge in [-0.2, -0.15) is 8.78 Å². The second-order valence-corrected chi connectivity index (χ2v) is 9.35. The first-order valence-corrected chi connectivity index (χ1v) is 10.8. The molecule has 0 aliphatic carbocycles. The molecule has 1 saturated heterocycles. The van der Waals surface area contributed by atoms with Gasteiger partial charge in [0, 0.05) is 0 Å². The van der Waals surface area contributed by atoms with E-state index in [9.17, 15) is 13.9 Å². The van der Waals surface area contributed by atoms with E-state index in [0.717, 1.165) is 29.1 Å². The van der Waals surface area contributed by atoms with Gasteiger partial charge in [-0.25, -0.2) is 0 Å². The maximum absolute atomic E-state index is 12.5. The Morgan fingerprint density at radius 2 is 2.00 bits per heavy atom. The molecule has 1 atom stereocenters. The number of alkyl halides is 2. The van der Waals surface area contributed by atoms with E-state index < -0.39 is 16.8 Å². The molecule has 1 aliphatic heterocycles. The molecule has 0 bridgehead atoms. The summed E-state index contributed by atoms with van der Waals surface area (Å²) in [6.07, 6.45) is 3.79. The highest BCUT2D eigenvalue weighted by Gasteiger charge is 2.43. The van der Waals surface area contributed by atoms with Gasteiger partial charge in [0.1, 0.15) is 15.9 Å². The molecule has 0 spiro atoms. The van der Waals surface area contributed by atoms with E-state index in [1.807, 2.05) is 38.1 Å². The molecule has 0 radical (unpaired) electrons. The molecular weight excluding hydrogens is 386 g/mol. The summed E-state index contributed by atoms with van der Waals surface area (Å²) in [5.74, 6) is 1.82. The van der Waals surface area contributed by atoms with Gasteiger partial charge in [0.25, 0.3) is 0 Å². The fourth-order valence-electron chi connectivity index (χ4n) is 2.96. The topological polar surface area (TPSA) is 29.5 Å². The highest BCUT2D eigenvalue weighted by molar-refractivity contribution is 8.18. The summed E-state index contributed by atoms with van der Waals surface area (Å²) in [7, 11) is 0. The average molecular weight is 413 g/mol. The molecule has 1 aliphatic rings. The molecule has 1 unspecified atom stereocenters. The van der Waals surface area contributed by atoms with Crippen LogP contribution in [0.3, 0.4) is 0 Å². The Bertz CT molecular complexity index is 723. The lowest BCUT2D eigenvalue weighted by Gasteiger charge is -2.41. The largest absolute Gasteiger partial charge is 0.435 e. The van der Waals surface area contributed by atoms with Gasteiger partial charge in [-0.1, -0.05) is 48.6 Å². The van der Waals surface area contributed by atoms with Crippen molar-refractivity contribution in [3.63, 3.8) is 0 Å². The lowest BCUT2D eigenvalue weighted by molar-refractivity contribution is -0.0928. The fraction of sp³-hybridized carbons (Fsp3) is 0.429. The number of benzene rings is 1. The fourth-order valence-corrected chi connectivity index (χ4v) is 6.34. The van der Waals surface area contributed by atoms with Crippen molar-refractivity contribution in [2.24, 2.45) is 0 Å². The Hall–Kier alpha value is -1.24. The Morgan fingerprint density at radius 3 is 2.56 bits per heavy atom. The normalized spacial score (nSPS) is 19.1. The van der Waals surface area contributed by atoms with Crippen molar-refractivity contribution < 1.29 is 18.6 Å². The molecule has 0 amide bonds. The maximum Gasteiger partial charge on any atom is 0.387 e. The molecule has 27 heavy (non-hydrogen) atoms. The number of ether oxygens (including phenoxy) is 1. The zero-order valence-corrected chi connectivity index (χ0v) is 17.5. The summed E-state index contributed by atoms with van der Waals surface area (Å²) in [6, 6.07) is 8.19. The van der Waals surface area contributed by atoms with E-state index in [-0.39, 0.29) is 5.76 Å². The third kappa shape index (κ3) is 5.39. The van der Waals surface area contributed by atoms with Crippen LogP contribution in [0.5, 0.6) is 0 Å². The highest BCUT2D eigenvalue weighted by atomic mass is 32.2. The van der Waals surface area contributed by atoms with E-state index in [1.165, 1.54) is 0 Å². The molecular formula is C21H26F2O2S2. The number of thioether (sulfide) groups is 2. The van der Waals surface area contributed by atoms with Gasteiger partial charge >= 0.3 is 6.61 Å². The van der Waals surface area contributed by atoms with Crippen molar-refractivity contribution in [2.45, 2.75) is 44.0 Å². The molecule has 6 heteroatoms. The van der Waals surface area contributed by atoms with Crippen LogP contribution in [-0.2, 0) is 8.82 Å². The molecule has 1 heterocycles. The van der Waals surface area contributed by atoms with Gasteiger partial charge in [0.2, 0.25) is 0 Å². The molecule has 148 valence electrons. The van der Waals surface area contributed by atoms with E-state index in [1.54, 1.807) is 36.5 Å². The highest BCUT2D eigenvalue weighted by Crippen LogP contribution is 2.54. The number of halogens is 2. The van der Waals surface area contributed by atoms with Crippen LogP contribution in [0.15, 0.2) is 59.9 Å². The molecule has 1 aromatic carbocycles. The third-order valence-corrected chi connectivity index (χ3v) is 7.87. The number of aliphatic hydroxyl groups is 1. The zero-order valence-electron chi connectivity index (χ0n) is 15.9. The lowest BCUT2D eigenvalue weighted by Crippen LogP contribution is -2.37. The second kappa shape index (κ2) is 9.80. The second-order valence-electron chi connectivity index (χ2n) is 6.41. The molecule has 1 N–H and O–H groups in total. The third-order valence-electron chi connectivity index (χ3n) is 4.41. The summed E-state index contributed by atoms with van der Waals surface area (Å²) in [5, 5.41) is 11.4. The summed E-state index contributed by atoms with van der Waals surface area (Å²) in [5.41, 5.74) is 3.33. The minimum Gasteiger partial charge on any atom is -0.435 e. The Balaban J connectivity index is 2.39. The Labute approximate surface area is 168 Å². The van der Waals surface area contributed by atoms with Gasteiger partial charge in [0.15, 0.2) is 0 Å². The quantitative estimate of drug-likeness (QED) is 0.438. The van der Waals surface area contributed by atoms with Crippen molar-refractivity contribution in [1.82, 2.24) is 0 Å². The van der Waals surface area contributed by atoms with E-state index >= 15 is 0 Å². The number of aliphatic hydroxyl groups excluding tert-OH is 1. The van der Waals surface area contributed by atoms with Crippen molar-refractivity contribution in [3.05, 3.63) is 71.0 Å². The van der Waals surface area contributed by atoms with Crippen LogP contribution in [0, 0.1) is 6.92 Å². The summed E-state index contributed by atoms with van der Waals surface area (Å²) < 4.78 is 28.8. The Kier molecular flexibility index (Phi) is 8.01. The van der Waals surface area contributed by atoms with Crippen LogP contribution in [-0.4, -0.2) is 29.3 Å². The van der Waals surface area contributed by atoms with Crippen LogP contribution < -0.4 is 0 Å². The average Bonchev–Trinajstić information content (AvgIpc) is 2.65. The van der Waals surface area contributed by atoms with Crippen molar-refractivity contribution in [3.8, 4) is 0 Å². The number of hydrogen-bond donors (Lipinski definition) is 1. The number of rotatable bonds is 7. The predicted octanol–water partition coefficient (Wildman–Crippen LogP) is 6.02. The molecule has 0 saturated carbocycles. The Morgan fingerprint density at radius 1 is 1.33 bits per heavy atom. The first-order valence-electron chi connectivity index (χ1n) is 8.82. The molecule has 1 fully saturated rings. The van der Waals surface area contributed by atoms with Gasteiger partial charge in [-0.05, 0) is 55.4 Å². The van der Waals surface area contributed by atoms with Crippen molar-refractivity contribution >= 4 is 23.5 Å². The number of aryl methyl sites for hydroxylation is 1. The summed E-state index contributed by atoms with van der Waals surface area (Å²) >= 11 is 3.48. The molecule has 2 nitrogen and oxygen atoms in total. The van der Waals surface area contributed by atoms with Crippen LogP contribution in [0.1, 0.15) is 31.4 Å². The maximum atomic E-state index is 12.5. The zero-order chi connectivity index (χ0) is 20.0.